The summed E-state index contributed by atoms with van der Waals surface area (Å²) in [6.45, 7) is 1.70. The molecule has 0 amide bonds. The van der Waals surface area contributed by atoms with Crippen molar-refractivity contribution in [2.24, 2.45) is 5.73 Å². The Morgan fingerprint density at radius 2 is 2.00 bits per heavy atom. The molecule has 0 saturated heterocycles. The highest BCUT2D eigenvalue weighted by Crippen LogP contribution is 2.28. The summed E-state index contributed by atoms with van der Waals surface area (Å²) in [4.78, 5) is -0.327. The van der Waals surface area contributed by atoms with Crippen LogP contribution in [0.4, 0.5) is 4.39 Å². The predicted octanol–water partition coefficient (Wildman–Crippen LogP) is 2.01. The molecule has 0 saturated carbocycles. The highest BCUT2D eigenvalue weighted by Gasteiger charge is 2.19. The lowest BCUT2D eigenvalue weighted by Crippen LogP contribution is -2.08. The first-order chi connectivity index (χ1) is 6.73. The van der Waals surface area contributed by atoms with E-state index in [-0.39, 0.29) is 15.4 Å². The summed E-state index contributed by atoms with van der Waals surface area (Å²) < 4.78 is 36.2. The van der Waals surface area contributed by atoms with E-state index in [0.29, 0.717) is 5.56 Å². The molecular formula is C9H11BrFNO2S. The van der Waals surface area contributed by atoms with Crippen LogP contribution < -0.4 is 5.73 Å². The molecule has 1 aromatic rings. The highest BCUT2D eigenvalue weighted by molar-refractivity contribution is 9.10. The average molecular weight is 296 g/mol. The minimum absolute atomic E-state index is 0.206. The molecule has 0 heterocycles. The van der Waals surface area contributed by atoms with Gasteiger partial charge in [-0.3, -0.25) is 0 Å². The van der Waals surface area contributed by atoms with E-state index in [1.807, 2.05) is 0 Å². The van der Waals surface area contributed by atoms with Gasteiger partial charge in [0.05, 0.1) is 0 Å². The molecule has 0 aliphatic rings. The maximum Gasteiger partial charge on any atom is 0.179 e. The monoisotopic (exact) mass is 295 g/mol. The van der Waals surface area contributed by atoms with Crippen molar-refractivity contribution in [3.8, 4) is 0 Å². The topological polar surface area (TPSA) is 60.2 Å². The molecule has 84 valence electrons. The standard InChI is InChI=1S/C9H11BrFNO2S/c1-5(12)6-3-7(10)9(8(11)4-6)15(2,13)14/h3-5H,12H2,1-2H3. The minimum Gasteiger partial charge on any atom is -0.324 e. The maximum absolute atomic E-state index is 13.5. The van der Waals surface area contributed by atoms with Crippen LogP contribution in [0.1, 0.15) is 18.5 Å². The van der Waals surface area contributed by atoms with E-state index >= 15 is 0 Å². The van der Waals surface area contributed by atoms with Crippen molar-refractivity contribution < 1.29 is 12.8 Å². The lowest BCUT2D eigenvalue weighted by Gasteiger charge is -2.10. The molecule has 2 N–H and O–H groups in total. The molecule has 0 fully saturated rings. The second kappa shape index (κ2) is 4.19. The summed E-state index contributed by atoms with van der Waals surface area (Å²) in [7, 11) is -3.57. The fourth-order valence-electron chi connectivity index (χ4n) is 1.20. The first-order valence-corrected chi connectivity index (χ1v) is 6.86. The molecule has 1 unspecified atom stereocenters. The quantitative estimate of drug-likeness (QED) is 0.908. The van der Waals surface area contributed by atoms with Gasteiger partial charge in [-0.1, -0.05) is 0 Å². The number of sulfone groups is 1. The molecule has 15 heavy (non-hydrogen) atoms. The van der Waals surface area contributed by atoms with Crippen molar-refractivity contribution in [1.82, 2.24) is 0 Å². The Kier molecular flexibility index (Phi) is 3.52. The van der Waals surface area contributed by atoms with Crippen molar-refractivity contribution in [1.29, 1.82) is 0 Å². The van der Waals surface area contributed by atoms with Gasteiger partial charge < -0.3 is 5.73 Å². The molecule has 1 atom stereocenters. The van der Waals surface area contributed by atoms with E-state index in [4.69, 9.17) is 5.73 Å². The minimum atomic E-state index is -3.57. The Morgan fingerprint density at radius 3 is 2.33 bits per heavy atom. The summed E-state index contributed by atoms with van der Waals surface area (Å²) in [5.41, 5.74) is 6.12. The van der Waals surface area contributed by atoms with Gasteiger partial charge in [0.15, 0.2) is 9.84 Å². The molecule has 0 radical (unpaired) electrons. The zero-order valence-electron chi connectivity index (χ0n) is 8.29. The van der Waals surface area contributed by atoms with Crippen LogP contribution in [-0.4, -0.2) is 14.7 Å². The summed E-state index contributed by atoms with van der Waals surface area (Å²) in [5, 5.41) is 0. The van der Waals surface area contributed by atoms with Crippen LogP contribution in [0.2, 0.25) is 0 Å². The van der Waals surface area contributed by atoms with E-state index in [2.05, 4.69) is 15.9 Å². The van der Waals surface area contributed by atoms with Gasteiger partial charge in [-0.25, -0.2) is 12.8 Å². The van der Waals surface area contributed by atoms with Gasteiger partial charge in [0.1, 0.15) is 10.7 Å². The second-order valence-corrected chi connectivity index (χ2v) is 6.18. The summed E-state index contributed by atoms with van der Waals surface area (Å²) in [5.74, 6) is -0.779. The summed E-state index contributed by atoms with van der Waals surface area (Å²) >= 11 is 3.03. The fourth-order valence-corrected chi connectivity index (χ4v) is 3.36. The third-order valence-corrected chi connectivity index (χ3v) is 3.96. The lowest BCUT2D eigenvalue weighted by molar-refractivity contribution is 0.566. The van der Waals surface area contributed by atoms with Crippen LogP contribution in [0.15, 0.2) is 21.5 Å². The number of hydrogen-bond acceptors (Lipinski definition) is 3. The third-order valence-electron chi connectivity index (χ3n) is 1.92. The molecular weight excluding hydrogens is 285 g/mol. The normalized spacial score (nSPS) is 13.9. The molecule has 1 aromatic carbocycles. The number of benzene rings is 1. The van der Waals surface area contributed by atoms with E-state index in [0.717, 1.165) is 12.3 Å². The van der Waals surface area contributed by atoms with Crippen LogP contribution >= 0.6 is 15.9 Å². The van der Waals surface area contributed by atoms with Crippen LogP contribution in [0, 0.1) is 5.82 Å². The second-order valence-electron chi connectivity index (χ2n) is 3.37. The van der Waals surface area contributed by atoms with Crippen LogP contribution in [0.3, 0.4) is 0 Å². The zero-order valence-corrected chi connectivity index (χ0v) is 10.7. The zero-order chi connectivity index (χ0) is 11.8. The Morgan fingerprint density at radius 1 is 1.47 bits per heavy atom. The first-order valence-electron chi connectivity index (χ1n) is 4.18. The van der Waals surface area contributed by atoms with Gasteiger partial charge in [-0.15, -0.1) is 0 Å². The molecule has 0 aromatic heterocycles. The molecule has 0 spiro atoms. The smallest absolute Gasteiger partial charge is 0.179 e. The largest absolute Gasteiger partial charge is 0.324 e. The molecule has 0 bridgehead atoms. The summed E-state index contributed by atoms with van der Waals surface area (Å²) in [6, 6.07) is 2.32. The molecule has 1 rings (SSSR count). The van der Waals surface area contributed by atoms with Gasteiger partial charge in [0.2, 0.25) is 0 Å². The fraction of sp³-hybridized carbons (Fsp3) is 0.333. The van der Waals surface area contributed by atoms with Gasteiger partial charge >= 0.3 is 0 Å². The molecule has 3 nitrogen and oxygen atoms in total. The van der Waals surface area contributed by atoms with Crippen LogP contribution in [-0.2, 0) is 9.84 Å². The van der Waals surface area contributed by atoms with E-state index in [9.17, 15) is 12.8 Å². The van der Waals surface area contributed by atoms with E-state index in [1.165, 1.54) is 6.07 Å². The van der Waals surface area contributed by atoms with Gasteiger partial charge in [0, 0.05) is 16.8 Å². The van der Waals surface area contributed by atoms with Crippen molar-refractivity contribution in [3.05, 3.63) is 28.0 Å². The predicted molar refractivity (Wildman–Crippen MR) is 59.8 cm³/mol. The van der Waals surface area contributed by atoms with Crippen molar-refractivity contribution in [2.75, 3.05) is 6.26 Å². The number of halogens is 2. The Hall–Kier alpha value is -0.460. The van der Waals surface area contributed by atoms with Crippen molar-refractivity contribution in [2.45, 2.75) is 17.9 Å². The molecule has 0 aliphatic carbocycles. The SMILES string of the molecule is CC(N)c1cc(F)c(S(C)(=O)=O)c(Br)c1. The molecule has 6 heteroatoms. The first kappa shape index (κ1) is 12.6. The van der Waals surface area contributed by atoms with Gasteiger partial charge in [0.25, 0.3) is 0 Å². The van der Waals surface area contributed by atoms with Crippen LogP contribution in [0.25, 0.3) is 0 Å². The lowest BCUT2D eigenvalue weighted by atomic mass is 10.1. The van der Waals surface area contributed by atoms with E-state index in [1.54, 1.807) is 6.92 Å². The third kappa shape index (κ3) is 2.76. The average Bonchev–Trinajstić information content (AvgIpc) is 1.99. The Labute approximate surface area is 96.5 Å². The number of hydrogen-bond donors (Lipinski definition) is 1. The van der Waals surface area contributed by atoms with Crippen molar-refractivity contribution in [3.63, 3.8) is 0 Å². The van der Waals surface area contributed by atoms with Crippen LogP contribution in [0.5, 0.6) is 0 Å². The summed E-state index contributed by atoms with van der Waals surface area (Å²) in [6.07, 6.45) is 0.960. The highest BCUT2D eigenvalue weighted by atomic mass is 79.9. The number of rotatable bonds is 2. The molecule has 0 aliphatic heterocycles. The Bertz CT molecular complexity index is 462. The van der Waals surface area contributed by atoms with Gasteiger partial charge in [-0.05, 0) is 40.5 Å². The number of nitrogens with two attached hydrogens (primary N) is 1. The van der Waals surface area contributed by atoms with E-state index < -0.39 is 15.7 Å². The maximum atomic E-state index is 13.5. The Balaban J connectivity index is 3.48. The van der Waals surface area contributed by atoms with Crippen molar-refractivity contribution >= 4 is 25.8 Å². The van der Waals surface area contributed by atoms with Gasteiger partial charge in [-0.2, -0.15) is 0 Å².